The summed E-state index contributed by atoms with van der Waals surface area (Å²) >= 11 is 0. The van der Waals surface area contributed by atoms with E-state index in [2.05, 4.69) is 35.5 Å². The number of aliphatic hydroxyl groups excluding tert-OH is 2. The predicted octanol–water partition coefficient (Wildman–Crippen LogP) is 16.8. The Bertz CT molecular complexity index is 4400. The quantitative estimate of drug-likeness (QED) is 0.0651. The summed E-state index contributed by atoms with van der Waals surface area (Å²) in [7, 11) is 0. The molecule has 6 aliphatic carbocycles. The monoisotopic (exact) mass is 1430 g/mol. The highest BCUT2D eigenvalue weighted by atomic mass is 16.3. The van der Waals surface area contributed by atoms with Gasteiger partial charge < -0.3 is 51.1 Å². The Hall–Kier alpha value is -11.1. The fourth-order valence-corrected chi connectivity index (χ4v) is 14.6. The van der Waals surface area contributed by atoms with Crippen LogP contribution in [0.25, 0.3) is 66.8 Å². The first-order valence-electron chi connectivity index (χ1n) is 36.3. The Morgan fingerprint density at radius 3 is 0.333 bits per heavy atom. The van der Waals surface area contributed by atoms with Crippen LogP contribution in [0.2, 0.25) is 0 Å². The zero-order valence-electron chi connectivity index (χ0n) is 62.3. The topological polar surface area (TPSA) is 202 Å². The summed E-state index contributed by atoms with van der Waals surface area (Å²) in [5.74, 6) is 18.5. The normalized spacial score (nSPS) is 15.1. The van der Waals surface area contributed by atoms with E-state index in [9.17, 15) is 30.6 Å². The summed E-state index contributed by atoms with van der Waals surface area (Å²) in [4.78, 5) is 0. The molecule has 0 heterocycles. The first kappa shape index (κ1) is 76.6. The summed E-state index contributed by atoms with van der Waals surface area (Å²) in [5, 5.41) is 104. The van der Waals surface area contributed by atoms with Gasteiger partial charge in [-0.2, -0.15) is 0 Å². The Morgan fingerprint density at radius 2 is 0.259 bits per heavy atom. The second-order valence-electron chi connectivity index (χ2n) is 30.1. The Morgan fingerprint density at radius 1 is 0.194 bits per heavy atom. The van der Waals surface area contributed by atoms with Gasteiger partial charge in [-0.3, -0.25) is 0 Å². The molecule has 10 heteroatoms. The van der Waals surface area contributed by atoms with Crippen LogP contribution in [-0.4, -0.2) is 74.5 Å². The van der Waals surface area contributed by atoms with Crippen LogP contribution in [0.5, 0.6) is 0 Å². The fraction of sp³-hybridized carbons (Fsp3) is 0.204. The van der Waals surface area contributed by atoms with E-state index in [-0.39, 0.29) is 12.2 Å². The average Bonchev–Trinajstić information content (AvgIpc) is 1.57. The van der Waals surface area contributed by atoms with Crippen LogP contribution in [0.15, 0.2) is 291 Å². The van der Waals surface area contributed by atoms with Crippen molar-refractivity contribution in [2.45, 2.75) is 126 Å². The SMILES string of the molecule is CC(C)(C)O.CC(C)(C)O.CC(C)O.CC(C)O.OC1(C#CC2(O)c3ccccc3-c3ccccc32)c2ccccc2-c2ccccc21.OC1(C#CC2(O)c3ccccc3-c3ccccc32)c2ccccc2-c2ccccc21.OC1(C#CC2(O)c3ccccc3-c3ccccc32)c2ccccc2-c2ccccc21. The Kier molecular flexibility index (Phi) is 21.5. The van der Waals surface area contributed by atoms with Crippen molar-refractivity contribution in [1.82, 2.24) is 0 Å². The van der Waals surface area contributed by atoms with Gasteiger partial charge in [0.15, 0.2) is 33.6 Å². The minimum atomic E-state index is -1.48. The van der Waals surface area contributed by atoms with E-state index in [4.69, 9.17) is 20.4 Å². The lowest BCUT2D eigenvalue weighted by Gasteiger charge is -2.23. The minimum Gasteiger partial charge on any atom is -0.394 e. The standard InChI is InChI=1S/3C28H18O2.2C4H10O.2C3H8O/c3*29-27(23-13-5-1-9-19(23)20-10-2-6-14-24(20)27)17-18-28(30)25-15-7-3-11-21(25)22-12-4-8-16-26(22)28;2*1-4(2,3)5;2*1-3(2)4/h3*1-16,29-30H;2*5H,1-3H3;2*3-4H,1-2H3. The summed E-state index contributed by atoms with van der Waals surface area (Å²) < 4.78 is 0. The number of hydrogen-bond donors (Lipinski definition) is 10. The third-order valence-corrected chi connectivity index (χ3v) is 18.8. The summed E-state index contributed by atoms with van der Waals surface area (Å²) in [5.41, 5.74) is 10.9. The third kappa shape index (κ3) is 14.8. The first-order valence-corrected chi connectivity index (χ1v) is 36.3. The molecule has 0 fully saturated rings. The summed E-state index contributed by atoms with van der Waals surface area (Å²) in [6.45, 7) is 17.3. The zero-order valence-corrected chi connectivity index (χ0v) is 62.3. The molecular formula is C98H90O10. The predicted molar refractivity (Wildman–Crippen MR) is 431 cm³/mol. The Balaban J connectivity index is 0.000000136. The molecule has 12 aromatic rings. The van der Waals surface area contributed by atoms with Gasteiger partial charge in [-0.25, -0.2) is 0 Å². The van der Waals surface area contributed by atoms with Crippen LogP contribution in [0.1, 0.15) is 136 Å². The van der Waals surface area contributed by atoms with Crippen molar-refractivity contribution in [3.63, 3.8) is 0 Å². The van der Waals surface area contributed by atoms with Crippen LogP contribution in [0, 0.1) is 35.5 Å². The van der Waals surface area contributed by atoms with Gasteiger partial charge in [-0.1, -0.05) is 327 Å². The maximum Gasteiger partial charge on any atom is 0.178 e. The van der Waals surface area contributed by atoms with E-state index >= 15 is 0 Å². The van der Waals surface area contributed by atoms with Crippen LogP contribution in [-0.2, 0) is 33.6 Å². The molecule has 0 saturated carbocycles. The van der Waals surface area contributed by atoms with Crippen molar-refractivity contribution in [1.29, 1.82) is 0 Å². The largest absolute Gasteiger partial charge is 0.394 e. The molecule has 10 nitrogen and oxygen atoms in total. The molecule has 0 bridgehead atoms. The van der Waals surface area contributed by atoms with Crippen molar-refractivity contribution in [2.24, 2.45) is 0 Å². The smallest absolute Gasteiger partial charge is 0.178 e. The molecule has 18 rings (SSSR count). The van der Waals surface area contributed by atoms with Gasteiger partial charge in [0.05, 0.1) is 11.2 Å². The second kappa shape index (κ2) is 30.3. The molecule has 10 N–H and O–H groups in total. The fourth-order valence-electron chi connectivity index (χ4n) is 14.6. The lowest BCUT2D eigenvalue weighted by Crippen LogP contribution is -2.26. The van der Waals surface area contributed by atoms with Crippen molar-refractivity contribution in [3.05, 3.63) is 358 Å². The van der Waals surface area contributed by atoms with Crippen LogP contribution < -0.4 is 0 Å². The van der Waals surface area contributed by atoms with Gasteiger partial charge >= 0.3 is 0 Å². The van der Waals surface area contributed by atoms with Crippen molar-refractivity contribution in [2.75, 3.05) is 0 Å². The molecule has 0 unspecified atom stereocenters. The minimum absolute atomic E-state index is 0.167. The maximum atomic E-state index is 11.8. The lowest BCUT2D eigenvalue weighted by molar-refractivity contribution is 0.101. The second-order valence-corrected chi connectivity index (χ2v) is 30.1. The number of hydrogen-bond acceptors (Lipinski definition) is 10. The van der Waals surface area contributed by atoms with E-state index in [0.717, 1.165) is 134 Å². The van der Waals surface area contributed by atoms with Gasteiger partial charge in [0, 0.05) is 79.0 Å². The van der Waals surface area contributed by atoms with E-state index in [1.54, 1.807) is 69.2 Å². The number of rotatable bonds is 0. The van der Waals surface area contributed by atoms with Crippen molar-refractivity contribution < 1.29 is 51.1 Å². The molecule has 0 saturated heterocycles. The molecular weight excluding hydrogens is 1340 g/mol. The van der Waals surface area contributed by atoms with E-state index in [0.29, 0.717) is 0 Å². The molecule has 0 aromatic heterocycles. The van der Waals surface area contributed by atoms with Gasteiger partial charge in [-0.05, 0) is 136 Å². The van der Waals surface area contributed by atoms with Gasteiger partial charge in [0.2, 0.25) is 0 Å². The van der Waals surface area contributed by atoms with Crippen molar-refractivity contribution >= 4 is 0 Å². The highest BCUT2D eigenvalue weighted by molar-refractivity contribution is 5.88. The van der Waals surface area contributed by atoms with Crippen LogP contribution in [0.3, 0.4) is 0 Å². The molecule has 6 aliphatic rings. The molecule has 0 radical (unpaired) electrons. The highest BCUT2D eigenvalue weighted by Crippen LogP contribution is 2.54. The third-order valence-electron chi connectivity index (χ3n) is 18.8. The van der Waals surface area contributed by atoms with Gasteiger partial charge in [0.25, 0.3) is 0 Å². The van der Waals surface area contributed by atoms with Crippen LogP contribution >= 0.6 is 0 Å². The maximum absolute atomic E-state index is 11.8. The summed E-state index contributed by atoms with van der Waals surface area (Å²) in [6, 6.07) is 93.4. The summed E-state index contributed by atoms with van der Waals surface area (Å²) in [6.07, 6.45) is -0.333. The average molecular weight is 1430 g/mol. The molecule has 0 aliphatic heterocycles. The van der Waals surface area contributed by atoms with E-state index in [1.165, 1.54) is 0 Å². The number of aliphatic hydroxyl groups is 10. The van der Waals surface area contributed by atoms with E-state index < -0.39 is 44.8 Å². The number of benzene rings is 12. The highest BCUT2D eigenvalue weighted by Gasteiger charge is 2.48. The van der Waals surface area contributed by atoms with E-state index in [1.807, 2.05) is 291 Å². The molecule has 0 spiro atoms. The lowest BCUT2D eigenvalue weighted by atomic mass is 9.87. The first-order chi connectivity index (χ1) is 51.3. The van der Waals surface area contributed by atoms with Crippen LogP contribution in [0.4, 0.5) is 0 Å². The number of fused-ring (bicyclic) bond motifs is 18. The molecule has 542 valence electrons. The molecule has 0 amide bonds. The molecule has 0 atom stereocenters. The zero-order chi connectivity index (χ0) is 77.2. The molecule has 108 heavy (non-hydrogen) atoms. The van der Waals surface area contributed by atoms with Crippen molar-refractivity contribution in [3.8, 4) is 102 Å². The Labute approximate surface area is 633 Å². The van der Waals surface area contributed by atoms with Gasteiger partial charge in [-0.15, -0.1) is 0 Å². The van der Waals surface area contributed by atoms with Gasteiger partial charge in [0.1, 0.15) is 0 Å². The molecule has 12 aromatic carbocycles.